The molecular formula is C2H6B2N2. The summed E-state index contributed by atoms with van der Waals surface area (Å²) in [6, 6.07) is 0. The van der Waals surface area contributed by atoms with E-state index in [4.69, 9.17) is 11.3 Å². The largest absolute Gasteiger partial charge is 0.371 e. The summed E-state index contributed by atoms with van der Waals surface area (Å²) in [4.78, 5) is 0. The minimum absolute atomic E-state index is 0.130. The molecule has 0 amide bonds. The van der Waals surface area contributed by atoms with E-state index in [1.807, 2.05) is 12.0 Å². The predicted octanol–water partition coefficient (Wildman–Crippen LogP) is -1.39. The molecule has 2 nitrogen and oxygen atoms in total. The zero-order valence-corrected chi connectivity index (χ0v) is 3.46. The van der Waals surface area contributed by atoms with Gasteiger partial charge in [0, 0.05) is 0 Å². The Morgan fingerprint density at radius 2 is 1.33 bits per heavy atom. The molecule has 30 valence electrons. The molecule has 0 bridgehead atoms. The van der Waals surface area contributed by atoms with E-state index in [2.05, 4.69) is 0 Å². The molecule has 0 saturated carbocycles. The Balaban J connectivity index is 2.45. The van der Waals surface area contributed by atoms with Crippen LogP contribution in [-0.2, 0) is 0 Å². The molecule has 1 rings (SSSR count). The van der Waals surface area contributed by atoms with Crippen molar-refractivity contribution in [3.8, 4) is 0 Å². The zero-order chi connectivity index (χ0) is 4.57. The van der Waals surface area contributed by atoms with Gasteiger partial charge in [0.15, 0.2) is 0 Å². The first-order valence-corrected chi connectivity index (χ1v) is 2.00. The molecule has 1 heterocycles. The first-order chi connectivity index (χ1) is 2.80. The molecule has 0 spiro atoms. The fraction of sp³-hybridized carbons (Fsp3) is 0. The summed E-state index contributed by atoms with van der Waals surface area (Å²) in [5, 5.41) is 0. The van der Waals surface area contributed by atoms with E-state index < -0.39 is 0 Å². The maximum Gasteiger partial charge on any atom is 0.232 e. The van der Waals surface area contributed by atoms with Crippen LogP contribution in [0.1, 0.15) is 0 Å². The van der Waals surface area contributed by atoms with Gasteiger partial charge in [-0.15, -0.1) is 12.0 Å². The topological polar surface area (TPSA) is 52.0 Å². The van der Waals surface area contributed by atoms with E-state index in [1.165, 1.54) is 0 Å². The normalized spacial score (nSPS) is 18.3. The van der Waals surface area contributed by atoms with Crippen LogP contribution >= 0.6 is 0 Å². The number of nitrogens with two attached hydrogens (primary N) is 2. The van der Waals surface area contributed by atoms with Crippen LogP contribution in [0.5, 0.6) is 0 Å². The molecule has 0 aliphatic carbocycles. The Labute approximate surface area is 37.8 Å². The van der Waals surface area contributed by atoms with Gasteiger partial charge in [-0.3, -0.25) is 0 Å². The van der Waals surface area contributed by atoms with Gasteiger partial charge in [-0.1, -0.05) is 0 Å². The van der Waals surface area contributed by atoms with E-state index in [0.717, 1.165) is 0 Å². The molecule has 4 heteroatoms. The molecule has 6 heavy (non-hydrogen) atoms. The highest BCUT2D eigenvalue weighted by atomic mass is 14.5. The lowest BCUT2D eigenvalue weighted by atomic mass is 9.14. The van der Waals surface area contributed by atoms with Crippen molar-refractivity contribution >= 4 is 13.5 Å². The van der Waals surface area contributed by atoms with Crippen molar-refractivity contribution in [1.82, 2.24) is 0 Å². The smallest absolute Gasteiger partial charge is 0.232 e. The number of hydrogen-bond acceptors (Lipinski definition) is 2. The summed E-state index contributed by atoms with van der Waals surface area (Å²) in [5.74, 6) is 3.79. The van der Waals surface area contributed by atoms with Crippen LogP contribution in [0.25, 0.3) is 0 Å². The summed E-state index contributed by atoms with van der Waals surface area (Å²) in [5.41, 5.74) is 10.6. The van der Waals surface area contributed by atoms with Crippen molar-refractivity contribution in [2.45, 2.75) is 0 Å². The van der Waals surface area contributed by atoms with E-state index in [0.29, 0.717) is 0 Å². The average molecular weight is 79.7 g/mol. The second kappa shape index (κ2) is 1.13. The van der Waals surface area contributed by atoms with Gasteiger partial charge in [0.05, 0.1) is 0 Å². The Hall–Kier alpha value is -0.210. The highest BCUT2D eigenvalue weighted by Gasteiger charge is 2.23. The van der Waals surface area contributed by atoms with Crippen molar-refractivity contribution in [3.63, 3.8) is 0 Å². The van der Waals surface area contributed by atoms with E-state index in [9.17, 15) is 0 Å². The van der Waals surface area contributed by atoms with Crippen LogP contribution in [-0.4, -0.2) is 13.5 Å². The van der Waals surface area contributed by atoms with Gasteiger partial charge in [-0.25, -0.2) is 0 Å². The maximum atomic E-state index is 5.31. The third-order valence-corrected chi connectivity index (χ3v) is 1.00. The molecule has 0 saturated heterocycles. The molecule has 0 aromatic carbocycles. The number of rotatable bonds is 0. The van der Waals surface area contributed by atoms with Gasteiger partial charge < -0.3 is 11.3 Å². The molecule has 0 aromatic heterocycles. The molecule has 0 atom stereocenters. The third-order valence-electron chi connectivity index (χ3n) is 1.00. The van der Waals surface area contributed by atoms with Crippen molar-refractivity contribution in [2.24, 2.45) is 11.3 Å². The van der Waals surface area contributed by atoms with E-state index in [-0.39, 0.29) is 13.5 Å². The molecule has 0 unspecified atom stereocenters. The van der Waals surface area contributed by atoms with Gasteiger partial charge >= 0.3 is 0 Å². The van der Waals surface area contributed by atoms with Crippen molar-refractivity contribution in [3.05, 3.63) is 12.0 Å². The van der Waals surface area contributed by atoms with Crippen LogP contribution in [0.4, 0.5) is 0 Å². The SMILES string of the molecule is NB1C=CB1N. The quantitative estimate of drug-likeness (QED) is 0.352. The first kappa shape index (κ1) is 3.96. The second-order valence-electron chi connectivity index (χ2n) is 1.54. The maximum absolute atomic E-state index is 5.31. The van der Waals surface area contributed by atoms with E-state index in [1.54, 1.807) is 0 Å². The molecule has 0 fully saturated rings. The molecule has 0 radical (unpaired) electrons. The molecule has 1 aliphatic heterocycles. The van der Waals surface area contributed by atoms with Gasteiger partial charge in [0.1, 0.15) is 0 Å². The minimum Gasteiger partial charge on any atom is -0.371 e. The molecule has 1 aliphatic rings. The Kier molecular flexibility index (Phi) is 0.749. The minimum atomic E-state index is 0.130. The van der Waals surface area contributed by atoms with Crippen LogP contribution in [0.15, 0.2) is 12.0 Å². The highest BCUT2D eigenvalue weighted by molar-refractivity contribution is 7.28. The van der Waals surface area contributed by atoms with Crippen LogP contribution in [0.2, 0.25) is 0 Å². The van der Waals surface area contributed by atoms with Crippen molar-refractivity contribution in [2.75, 3.05) is 0 Å². The third kappa shape index (κ3) is 0.382. The Morgan fingerprint density at radius 3 is 1.33 bits per heavy atom. The van der Waals surface area contributed by atoms with Crippen LogP contribution < -0.4 is 11.3 Å². The fourth-order valence-electron chi connectivity index (χ4n) is 0.368. The standard InChI is InChI=1S/C2H6B2N2/c5-3-1-2-4(3)6/h1-2H,5-6H2. The zero-order valence-electron chi connectivity index (χ0n) is 3.46. The molecular weight excluding hydrogens is 73.7 g/mol. The summed E-state index contributed by atoms with van der Waals surface area (Å²) < 4.78 is 0. The second-order valence-corrected chi connectivity index (χ2v) is 1.54. The first-order valence-electron chi connectivity index (χ1n) is 2.00. The number of hydrogen-bond donors (Lipinski definition) is 2. The van der Waals surface area contributed by atoms with Gasteiger partial charge in [0.25, 0.3) is 0 Å². The molecule has 0 aromatic rings. The lowest BCUT2D eigenvalue weighted by Crippen LogP contribution is -2.54. The lowest BCUT2D eigenvalue weighted by molar-refractivity contribution is 1.77. The van der Waals surface area contributed by atoms with Crippen molar-refractivity contribution in [1.29, 1.82) is 0 Å². The Morgan fingerprint density at radius 1 is 1.00 bits per heavy atom. The van der Waals surface area contributed by atoms with Gasteiger partial charge in [0.2, 0.25) is 13.5 Å². The van der Waals surface area contributed by atoms with Crippen molar-refractivity contribution < 1.29 is 0 Å². The van der Waals surface area contributed by atoms with Gasteiger partial charge in [-0.2, -0.15) is 0 Å². The lowest BCUT2D eigenvalue weighted by Gasteiger charge is -2.11. The highest BCUT2D eigenvalue weighted by Crippen LogP contribution is 1.91. The average Bonchev–Trinajstić information content (AvgIpc) is 1.61. The summed E-state index contributed by atoms with van der Waals surface area (Å²) in [6.45, 7) is 0.259. The monoisotopic (exact) mass is 80.1 g/mol. The van der Waals surface area contributed by atoms with Crippen LogP contribution in [0, 0.1) is 0 Å². The predicted molar refractivity (Wildman–Crippen MR) is 29.0 cm³/mol. The Bertz CT molecular complexity index is 71.6. The summed E-state index contributed by atoms with van der Waals surface area (Å²) in [7, 11) is 0. The fourth-order valence-corrected chi connectivity index (χ4v) is 0.368. The molecule has 4 N–H and O–H groups in total. The summed E-state index contributed by atoms with van der Waals surface area (Å²) in [6.07, 6.45) is 0. The van der Waals surface area contributed by atoms with Gasteiger partial charge in [-0.05, 0) is 0 Å². The van der Waals surface area contributed by atoms with E-state index >= 15 is 0 Å². The van der Waals surface area contributed by atoms with Crippen LogP contribution in [0.3, 0.4) is 0 Å². The summed E-state index contributed by atoms with van der Waals surface area (Å²) >= 11 is 0.